The summed E-state index contributed by atoms with van der Waals surface area (Å²) in [5.74, 6) is 0.796. The number of nitrogens with one attached hydrogen (secondary N) is 1. The Hall–Kier alpha value is -2.17. The van der Waals surface area contributed by atoms with Crippen LogP contribution in [-0.4, -0.2) is 35.0 Å². The monoisotopic (exact) mass is 446 g/mol. The molecule has 3 fully saturated rings. The minimum absolute atomic E-state index is 0.0200. The van der Waals surface area contributed by atoms with E-state index in [4.69, 9.17) is 0 Å². The standard InChI is InChI=1S/C29H38N2O2/c1-21(22-13-7-5-8-14-22)31-19-25-26(20-31)27(25)30-28(32)29(33,24-17-11-6-12-18-24)23-15-9-3-2-4-10-16-23/h5-8,11-14,17-18,21,23,25-27,33H,2-4,9-10,15-16,19-20H2,1H3,(H,30,32)/t21?,25-,26+,27?,29?. The Morgan fingerprint density at radius 3 is 2.06 bits per heavy atom. The SMILES string of the molecule is CC(c1ccccc1)N1C[C@@H]2C(NC(=O)C(O)(c3ccccc3)C3CCCCCCC3)[C@@H]2C1. The maximum atomic E-state index is 13.7. The molecule has 1 heterocycles. The van der Waals surface area contributed by atoms with Crippen LogP contribution in [0.5, 0.6) is 0 Å². The van der Waals surface area contributed by atoms with Gasteiger partial charge in [-0.2, -0.15) is 0 Å². The van der Waals surface area contributed by atoms with E-state index >= 15 is 0 Å². The van der Waals surface area contributed by atoms with Gasteiger partial charge >= 0.3 is 0 Å². The fraction of sp³-hybridized carbons (Fsp3) is 0.552. The van der Waals surface area contributed by atoms with Gasteiger partial charge in [-0.05, 0) is 42.7 Å². The lowest BCUT2D eigenvalue weighted by Crippen LogP contribution is -2.51. The number of piperidine rings is 1. The summed E-state index contributed by atoms with van der Waals surface area (Å²) in [6, 6.07) is 20.9. The molecule has 1 saturated heterocycles. The van der Waals surface area contributed by atoms with Crippen LogP contribution < -0.4 is 5.32 Å². The molecule has 3 aliphatic rings. The number of likely N-dealkylation sites (tertiary alicyclic amines) is 1. The zero-order chi connectivity index (χ0) is 22.8. The highest BCUT2D eigenvalue weighted by Gasteiger charge is 2.58. The van der Waals surface area contributed by atoms with Crippen LogP contribution in [0.15, 0.2) is 60.7 Å². The highest BCUT2D eigenvalue weighted by molar-refractivity contribution is 5.87. The van der Waals surface area contributed by atoms with Crippen molar-refractivity contribution in [3.8, 4) is 0 Å². The molecule has 2 aromatic rings. The number of hydrogen-bond donors (Lipinski definition) is 2. The Bertz CT molecular complexity index is 913. The molecule has 3 unspecified atom stereocenters. The molecule has 5 rings (SSSR count). The number of amides is 1. The van der Waals surface area contributed by atoms with Gasteiger partial charge in [-0.3, -0.25) is 9.69 Å². The zero-order valence-electron chi connectivity index (χ0n) is 19.8. The third-order valence-electron chi connectivity index (χ3n) is 8.61. The Morgan fingerprint density at radius 1 is 0.909 bits per heavy atom. The van der Waals surface area contributed by atoms with E-state index in [1.807, 2.05) is 30.3 Å². The fourth-order valence-electron chi connectivity index (χ4n) is 6.41. The number of nitrogens with zero attached hydrogens (tertiary/aromatic N) is 1. The lowest BCUT2D eigenvalue weighted by atomic mass is 9.74. The summed E-state index contributed by atoms with van der Waals surface area (Å²) < 4.78 is 0. The van der Waals surface area contributed by atoms with E-state index in [9.17, 15) is 9.90 Å². The van der Waals surface area contributed by atoms with Crippen LogP contribution in [0, 0.1) is 17.8 Å². The van der Waals surface area contributed by atoms with Crippen LogP contribution in [-0.2, 0) is 10.4 Å². The van der Waals surface area contributed by atoms with Crippen molar-refractivity contribution in [1.82, 2.24) is 10.2 Å². The fourth-order valence-corrected chi connectivity index (χ4v) is 6.41. The van der Waals surface area contributed by atoms with Crippen molar-refractivity contribution in [3.05, 3.63) is 71.8 Å². The van der Waals surface area contributed by atoms with Crippen molar-refractivity contribution in [2.45, 2.75) is 69.6 Å². The third-order valence-corrected chi connectivity index (χ3v) is 8.61. The van der Waals surface area contributed by atoms with Crippen LogP contribution in [0.3, 0.4) is 0 Å². The molecule has 5 atom stereocenters. The summed E-state index contributed by atoms with van der Waals surface area (Å²) in [4.78, 5) is 16.2. The van der Waals surface area contributed by atoms with E-state index < -0.39 is 5.60 Å². The van der Waals surface area contributed by atoms with E-state index in [0.29, 0.717) is 17.9 Å². The summed E-state index contributed by atoms with van der Waals surface area (Å²) in [7, 11) is 0. The summed E-state index contributed by atoms with van der Waals surface area (Å²) in [6.07, 6.45) is 7.68. The molecular weight excluding hydrogens is 408 g/mol. The number of hydrogen-bond acceptors (Lipinski definition) is 3. The molecule has 2 aromatic carbocycles. The van der Waals surface area contributed by atoms with Gasteiger partial charge in [0.25, 0.3) is 5.91 Å². The van der Waals surface area contributed by atoms with Crippen molar-refractivity contribution in [1.29, 1.82) is 0 Å². The predicted octanol–water partition coefficient (Wildman–Crippen LogP) is 5.04. The van der Waals surface area contributed by atoms with Gasteiger partial charge in [0.2, 0.25) is 0 Å². The number of fused-ring (bicyclic) bond motifs is 1. The minimum Gasteiger partial charge on any atom is -0.375 e. The molecule has 0 bridgehead atoms. The number of carbonyl (C=O) groups excluding carboxylic acids is 1. The first-order chi connectivity index (χ1) is 16.1. The molecule has 176 valence electrons. The van der Waals surface area contributed by atoms with Crippen LogP contribution in [0.4, 0.5) is 0 Å². The zero-order valence-corrected chi connectivity index (χ0v) is 19.8. The maximum Gasteiger partial charge on any atom is 0.257 e. The lowest BCUT2D eigenvalue weighted by Gasteiger charge is -2.37. The topological polar surface area (TPSA) is 52.6 Å². The van der Waals surface area contributed by atoms with Gasteiger partial charge in [-0.25, -0.2) is 0 Å². The Morgan fingerprint density at radius 2 is 1.45 bits per heavy atom. The number of aliphatic hydroxyl groups is 1. The van der Waals surface area contributed by atoms with Gasteiger partial charge in [0.15, 0.2) is 5.60 Å². The molecule has 4 nitrogen and oxygen atoms in total. The van der Waals surface area contributed by atoms with Gasteiger partial charge < -0.3 is 10.4 Å². The molecule has 2 aliphatic carbocycles. The van der Waals surface area contributed by atoms with Gasteiger partial charge in [0.05, 0.1) is 0 Å². The van der Waals surface area contributed by atoms with Gasteiger partial charge in [-0.15, -0.1) is 0 Å². The molecule has 0 radical (unpaired) electrons. The molecule has 33 heavy (non-hydrogen) atoms. The molecule has 0 aromatic heterocycles. The van der Waals surface area contributed by atoms with Gasteiger partial charge in [0, 0.05) is 31.1 Å². The van der Waals surface area contributed by atoms with Crippen LogP contribution in [0.25, 0.3) is 0 Å². The predicted molar refractivity (Wildman–Crippen MR) is 131 cm³/mol. The van der Waals surface area contributed by atoms with E-state index in [1.165, 1.54) is 24.8 Å². The second-order valence-electron chi connectivity index (χ2n) is 10.5. The van der Waals surface area contributed by atoms with Crippen molar-refractivity contribution in [2.24, 2.45) is 17.8 Å². The first kappa shape index (κ1) is 22.6. The van der Waals surface area contributed by atoms with E-state index in [0.717, 1.165) is 44.3 Å². The lowest BCUT2D eigenvalue weighted by molar-refractivity contribution is -0.149. The van der Waals surface area contributed by atoms with E-state index in [1.54, 1.807) is 0 Å². The van der Waals surface area contributed by atoms with Crippen molar-refractivity contribution in [2.75, 3.05) is 13.1 Å². The van der Waals surface area contributed by atoms with Gasteiger partial charge in [0.1, 0.15) is 0 Å². The molecule has 1 aliphatic heterocycles. The summed E-state index contributed by atoms with van der Waals surface area (Å²) in [5, 5.41) is 15.3. The second kappa shape index (κ2) is 9.60. The molecule has 1 amide bonds. The Kier molecular flexibility index (Phi) is 6.58. The third kappa shape index (κ3) is 4.48. The van der Waals surface area contributed by atoms with Crippen molar-refractivity contribution >= 4 is 5.91 Å². The van der Waals surface area contributed by atoms with Crippen LogP contribution in [0.1, 0.15) is 69.0 Å². The second-order valence-corrected chi connectivity index (χ2v) is 10.5. The highest BCUT2D eigenvalue weighted by atomic mass is 16.3. The van der Waals surface area contributed by atoms with Crippen molar-refractivity contribution < 1.29 is 9.90 Å². The average Bonchev–Trinajstić information content (AvgIpc) is 3.25. The number of rotatable bonds is 6. The first-order valence-electron chi connectivity index (χ1n) is 13.0. The summed E-state index contributed by atoms with van der Waals surface area (Å²) in [5.41, 5.74) is 0.660. The number of carbonyl (C=O) groups is 1. The van der Waals surface area contributed by atoms with Crippen LogP contribution >= 0.6 is 0 Å². The molecule has 0 spiro atoms. The Balaban J connectivity index is 1.27. The minimum atomic E-state index is -1.44. The van der Waals surface area contributed by atoms with Crippen molar-refractivity contribution in [3.63, 3.8) is 0 Å². The maximum absolute atomic E-state index is 13.7. The smallest absolute Gasteiger partial charge is 0.257 e. The molecular formula is C29H38N2O2. The first-order valence-corrected chi connectivity index (χ1v) is 13.0. The largest absolute Gasteiger partial charge is 0.375 e. The molecule has 4 heteroatoms. The summed E-state index contributed by atoms with van der Waals surface area (Å²) >= 11 is 0. The molecule has 2 N–H and O–H groups in total. The molecule has 2 saturated carbocycles. The van der Waals surface area contributed by atoms with E-state index in [-0.39, 0.29) is 17.9 Å². The average molecular weight is 447 g/mol. The normalized spacial score (nSPS) is 28.7. The highest BCUT2D eigenvalue weighted by Crippen LogP contribution is 2.49. The summed E-state index contributed by atoms with van der Waals surface area (Å²) in [6.45, 7) is 4.30. The quantitative estimate of drug-likeness (QED) is 0.653. The number of benzene rings is 2. The van der Waals surface area contributed by atoms with Crippen LogP contribution in [0.2, 0.25) is 0 Å². The Labute approximate surface area is 198 Å². The van der Waals surface area contributed by atoms with E-state index in [2.05, 4.69) is 47.5 Å². The van der Waals surface area contributed by atoms with Gasteiger partial charge in [-0.1, -0.05) is 92.8 Å².